The van der Waals surface area contributed by atoms with Gasteiger partial charge in [-0.15, -0.1) is 0 Å². The van der Waals surface area contributed by atoms with Gasteiger partial charge in [-0.1, -0.05) is 0 Å². The molecule has 0 bridgehead atoms. The fraction of sp³-hybridized carbons (Fsp3) is 0.826. The van der Waals surface area contributed by atoms with Crippen molar-refractivity contribution >= 4 is 50.2 Å². The fourth-order valence-electron chi connectivity index (χ4n) is 7.13. The van der Waals surface area contributed by atoms with Crippen LogP contribution in [0.3, 0.4) is 0 Å². The van der Waals surface area contributed by atoms with Crippen molar-refractivity contribution < 1.29 is 17.1 Å². The molecule has 1 rings (SSSR count). The zero-order valence-electron chi connectivity index (χ0n) is 21.9. The summed E-state index contributed by atoms with van der Waals surface area (Å²) in [6.07, 6.45) is 14.1. The molecule has 2 unspecified atom stereocenters. The normalized spacial score (nSPS) is 21.7. The van der Waals surface area contributed by atoms with E-state index in [4.69, 9.17) is 22.2 Å². The fourth-order valence-corrected chi connectivity index (χ4v) is 168. The van der Waals surface area contributed by atoms with Crippen molar-refractivity contribution in [3.63, 3.8) is 0 Å². The minimum absolute atomic E-state index is 0.395. The van der Waals surface area contributed by atoms with Crippen LogP contribution in [0.25, 0.3) is 0 Å². The third-order valence-electron chi connectivity index (χ3n) is 10.8. The van der Waals surface area contributed by atoms with Gasteiger partial charge in [0.1, 0.15) is 0 Å². The van der Waals surface area contributed by atoms with E-state index in [1.807, 2.05) is 3.28 Å². The molecule has 2 atom stereocenters. The van der Waals surface area contributed by atoms with Gasteiger partial charge >= 0.3 is 206 Å². The van der Waals surface area contributed by atoms with Crippen molar-refractivity contribution in [3.05, 3.63) is 21.5 Å². The van der Waals surface area contributed by atoms with Crippen molar-refractivity contribution in [1.82, 2.24) is 0 Å². The van der Waals surface area contributed by atoms with Crippen LogP contribution in [-0.2, 0) is 17.1 Å². The summed E-state index contributed by atoms with van der Waals surface area (Å²) in [5.74, 6) is 0. The molecule has 7 heteroatoms. The van der Waals surface area contributed by atoms with Gasteiger partial charge in [-0.2, -0.15) is 0 Å². The Morgan fingerprint density at radius 1 is 0.900 bits per heavy atom. The predicted molar refractivity (Wildman–Crippen MR) is 153 cm³/mol. The molecule has 0 heterocycles. The summed E-state index contributed by atoms with van der Waals surface area (Å²) in [6.45, 7) is 20.9. The zero-order valence-corrected chi connectivity index (χ0v) is 30.7. The van der Waals surface area contributed by atoms with E-state index in [9.17, 15) is 0 Å². The predicted octanol–water partition coefficient (Wildman–Crippen LogP) is 8.49. The van der Waals surface area contributed by atoms with E-state index in [0.29, 0.717) is 9.32 Å². The van der Waals surface area contributed by atoms with Crippen LogP contribution in [0.5, 0.6) is 0 Å². The van der Waals surface area contributed by atoms with Crippen molar-refractivity contribution in [2.75, 3.05) is 0 Å². The summed E-state index contributed by atoms with van der Waals surface area (Å²) in [6, 6.07) is 2.97. The van der Waals surface area contributed by atoms with Crippen LogP contribution in [0.4, 0.5) is 0 Å². The zero-order chi connectivity index (χ0) is 23.5. The van der Waals surface area contributed by atoms with Crippen LogP contribution in [0.1, 0.15) is 73.6 Å². The molecule has 1 aliphatic carbocycles. The molecule has 0 fully saturated rings. The van der Waals surface area contributed by atoms with Gasteiger partial charge in [-0.05, 0) is 0 Å². The first-order chi connectivity index (χ1) is 13.7. The van der Waals surface area contributed by atoms with E-state index in [2.05, 4.69) is 82.1 Å². The molecule has 30 heavy (non-hydrogen) atoms. The van der Waals surface area contributed by atoms with Gasteiger partial charge < -0.3 is 0 Å². The van der Waals surface area contributed by atoms with Crippen LogP contribution < -0.4 is 0 Å². The van der Waals surface area contributed by atoms with Gasteiger partial charge in [0, 0.05) is 0 Å². The molecule has 0 nitrogen and oxygen atoms in total. The van der Waals surface area contributed by atoms with Crippen LogP contribution in [0.2, 0.25) is 43.8 Å². The molecular formula is C23H51Cl2Si4Zr. The Hall–Kier alpha value is 1.81. The summed E-state index contributed by atoms with van der Waals surface area (Å²) in [7, 11) is -1.24. The number of unbranched alkanes of at least 4 members (excludes halogenated alkanes) is 2. The summed E-state index contributed by atoms with van der Waals surface area (Å²) in [5, 5.41) is -3.39. The number of hydrogen-bond acceptors (Lipinski definition) is 0. The SMILES string of the molecule is CCCC[Si](C)(C(C)(C)[SiH2]Cl)[Zr]([CH3])([CH3])([C]1=CC=CC1)[Si](C)(CCCC)C(C)(C)[SiH2]Cl. The third-order valence-corrected chi connectivity index (χ3v) is 135. The molecule has 0 amide bonds. The van der Waals surface area contributed by atoms with E-state index in [1.165, 1.54) is 44.2 Å². The number of hydrogen-bond donors (Lipinski definition) is 0. The van der Waals surface area contributed by atoms with Crippen LogP contribution in [0.15, 0.2) is 21.5 Å². The standard InChI is InChI=1S/2C8H20ClSi2.C5H5.2CH3.Zr/c2*1-5-6-7-11(4)8(2,3)10-9;1-2-4-5-3-1;;;/h2*5-7,10H2,1-4H3;1-3H,4H2;2*1H3;. The number of rotatable bonds is 13. The molecule has 0 aromatic carbocycles. The van der Waals surface area contributed by atoms with Crippen LogP contribution in [-0.4, -0.2) is 28.1 Å². The molecule has 177 valence electrons. The summed E-state index contributed by atoms with van der Waals surface area (Å²) < 4.78 is 8.66. The van der Waals surface area contributed by atoms with Crippen LogP contribution >= 0.6 is 22.2 Å². The average molecular weight is 602 g/mol. The Morgan fingerprint density at radius 3 is 1.57 bits per heavy atom. The molecule has 0 aromatic heterocycles. The van der Waals surface area contributed by atoms with Crippen LogP contribution in [0, 0.1) is 0 Å². The molecule has 0 saturated carbocycles. The number of allylic oxidation sites excluding steroid dienone is 4. The van der Waals surface area contributed by atoms with Crippen molar-refractivity contribution in [2.24, 2.45) is 0 Å². The summed E-state index contributed by atoms with van der Waals surface area (Å²) in [4.78, 5) is 0. The third kappa shape index (κ3) is 4.42. The van der Waals surface area contributed by atoms with Gasteiger partial charge in [0.25, 0.3) is 0 Å². The molecule has 1 aliphatic rings. The first-order valence-corrected chi connectivity index (χ1v) is 37.0. The molecule has 0 saturated heterocycles. The van der Waals surface area contributed by atoms with E-state index in [0.717, 1.165) is 0 Å². The van der Waals surface area contributed by atoms with Gasteiger partial charge in [0.15, 0.2) is 0 Å². The monoisotopic (exact) mass is 599 g/mol. The van der Waals surface area contributed by atoms with E-state index in [-0.39, 0.29) is 0 Å². The molecular weight excluding hydrogens is 551 g/mol. The minimum atomic E-state index is -3.52. The maximum atomic E-state index is 7.00. The molecule has 0 radical (unpaired) electrons. The second kappa shape index (κ2) is 10.6. The van der Waals surface area contributed by atoms with E-state index < -0.39 is 45.2 Å². The number of halogens is 2. The van der Waals surface area contributed by atoms with Gasteiger partial charge in [0.05, 0.1) is 0 Å². The first-order valence-electron chi connectivity index (χ1n) is 12.3. The Bertz CT molecular complexity index is 622. The first kappa shape index (κ1) is 29.8. The van der Waals surface area contributed by atoms with Crippen molar-refractivity contribution in [1.29, 1.82) is 0 Å². The van der Waals surface area contributed by atoms with E-state index >= 15 is 0 Å². The summed E-state index contributed by atoms with van der Waals surface area (Å²) in [5.41, 5.74) is 0. The molecule has 0 N–H and O–H groups in total. The molecule has 0 spiro atoms. The second-order valence-corrected chi connectivity index (χ2v) is 79.0. The Kier molecular flexibility index (Phi) is 10.5. The van der Waals surface area contributed by atoms with Crippen molar-refractivity contribution in [3.8, 4) is 0 Å². The quantitative estimate of drug-likeness (QED) is 0.147. The Balaban J connectivity index is 4.09. The molecule has 0 aromatic rings. The Morgan fingerprint density at radius 2 is 1.30 bits per heavy atom. The summed E-state index contributed by atoms with van der Waals surface area (Å²) >= 11 is 10.5. The Labute approximate surface area is 204 Å². The molecule has 0 aliphatic heterocycles. The maximum absolute atomic E-state index is 7.00. The van der Waals surface area contributed by atoms with E-state index in [1.54, 1.807) is 0 Å². The van der Waals surface area contributed by atoms with Gasteiger partial charge in [0.2, 0.25) is 0 Å². The average Bonchev–Trinajstić information content (AvgIpc) is 3.25. The van der Waals surface area contributed by atoms with Crippen molar-refractivity contribution in [2.45, 2.75) is 117 Å². The second-order valence-electron chi connectivity index (χ2n) is 12.6. The van der Waals surface area contributed by atoms with Gasteiger partial charge in [-0.3, -0.25) is 0 Å². The van der Waals surface area contributed by atoms with Gasteiger partial charge in [-0.25, -0.2) is 0 Å². The topological polar surface area (TPSA) is 0 Å².